The van der Waals surface area contributed by atoms with Gasteiger partial charge in [-0.2, -0.15) is 0 Å². The van der Waals surface area contributed by atoms with Crippen LogP contribution in [0.4, 0.5) is 4.39 Å². The van der Waals surface area contributed by atoms with Gasteiger partial charge < -0.3 is 4.74 Å². The van der Waals surface area contributed by atoms with Crippen molar-refractivity contribution in [3.05, 3.63) is 34.1 Å². The first-order valence-electron chi connectivity index (χ1n) is 5.92. The third-order valence-electron chi connectivity index (χ3n) is 2.63. The largest absolute Gasteiger partial charge is 0.380 e. The van der Waals surface area contributed by atoms with Crippen molar-refractivity contribution in [2.75, 3.05) is 26.3 Å². The van der Waals surface area contributed by atoms with Crippen molar-refractivity contribution in [2.24, 2.45) is 0 Å². The summed E-state index contributed by atoms with van der Waals surface area (Å²) >= 11 is 3.29. The Bertz CT molecular complexity index is 346. The third kappa shape index (κ3) is 4.74. The van der Waals surface area contributed by atoms with Crippen LogP contribution >= 0.6 is 15.9 Å². The Balaban J connectivity index is 2.57. The minimum atomic E-state index is -0.205. The highest BCUT2D eigenvalue weighted by Crippen LogP contribution is 2.21. The van der Waals surface area contributed by atoms with E-state index in [-0.39, 0.29) is 5.82 Å². The van der Waals surface area contributed by atoms with Crippen LogP contribution in [0.3, 0.4) is 0 Å². The second-order valence-electron chi connectivity index (χ2n) is 3.78. The van der Waals surface area contributed by atoms with E-state index in [2.05, 4.69) is 27.8 Å². The van der Waals surface area contributed by atoms with E-state index in [9.17, 15) is 4.39 Å². The van der Waals surface area contributed by atoms with Crippen molar-refractivity contribution in [1.82, 2.24) is 4.90 Å². The highest BCUT2D eigenvalue weighted by atomic mass is 79.9. The highest BCUT2D eigenvalue weighted by Gasteiger charge is 2.09. The van der Waals surface area contributed by atoms with Crippen LogP contribution in [0.15, 0.2) is 22.7 Å². The van der Waals surface area contributed by atoms with E-state index in [1.165, 1.54) is 6.07 Å². The summed E-state index contributed by atoms with van der Waals surface area (Å²) in [6, 6.07) is 5.15. The van der Waals surface area contributed by atoms with E-state index in [1.54, 1.807) is 6.07 Å². The lowest BCUT2D eigenvalue weighted by molar-refractivity contribution is 0.113. The molecule has 0 aliphatic carbocycles. The first-order valence-corrected chi connectivity index (χ1v) is 6.71. The van der Waals surface area contributed by atoms with Gasteiger partial charge in [-0.25, -0.2) is 4.39 Å². The predicted octanol–water partition coefficient (Wildman–Crippen LogP) is 3.45. The molecule has 0 N–H and O–H groups in total. The molecule has 17 heavy (non-hydrogen) atoms. The van der Waals surface area contributed by atoms with E-state index >= 15 is 0 Å². The van der Waals surface area contributed by atoms with Gasteiger partial charge in [-0.15, -0.1) is 0 Å². The Morgan fingerprint density at radius 2 is 2.12 bits per heavy atom. The lowest BCUT2D eigenvalue weighted by Gasteiger charge is -2.21. The average molecular weight is 304 g/mol. The molecule has 4 heteroatoms. The maximum atomic E-state index is 13.4. The van der Waals surface area contributed by atoms with E-state index in [0.717, 1.165) is 38.4 Å². The zero-order valence-electron chi connectivity index (χ0n) is 10.4. The number of rotatable bonds is 7. The number of halogens is 2. The quantitative estimate of drug-likeness (QED) is 0.715. The number of benzene rings is 1. The van der Waals surface area contributed by atoms with Crippen LogP contribution in [-0.2, 0) is 11.3 Å². The molecule has 2 nitrogen and oxygen atoms in total. The molecule has 0 aliphatic heterocycles. The van der Waals surface area contributed by atoms with Crippen LogP contribution in [0.25, 0.3) is 0 Å². The van der Waals surface area contributed by atoms with Gasteiger partial charge >= 0.3 is 0 Å². The molecule has 0 spiro atoms. The zero-order valence-corrected chi connectivity index (χ0v) is 12.0. The fraction of sp³-hybridized carbons (Fsp3) is 0.538. The van der Waals surface area contributed by atoms with Gasteiger partial charge in [0.15, 0.2) is 0 Å². The molecule has 1 aromatic carbocycles. The molecular weight excluding hydrogens is 285 g/mol. The second kappa shape index (κ2) is 7.80. The molecule has 0 saturated heterocycles. The maximum Gasteiger partial charge on any atom is 0.137 e. The normalized spacial score (nSPS) is 11.1. The summed E-state index contributed by atoms with van der Waals surface area (Å²) in [5.74, 6) is -0.205. The summed E-state index contributed by atoms with van der Waals surface area (Å²) in [5, 5.41) is 0. The molecule has 96 valence electrons. The van der Waals surface area contributed by atoms with Gasteiger partial charge in [0.1, 0.15) is 5.82 Å². The van der Waals surface area contributed by atoms with Gasteiger partial charge in [-0.05, 0) is 41.0 Å². The minimum Gasteiger partial charge on any atom is -0.380 e. The summed E-state index contributed by atoms with van der Waals surface area (Å²) in [5.41, 5.74) is 0.975. The van der Waals surface area contributed by atoms with E-state index < -0.39 is 0 Å². The average Bonchev–Trinajstić information content (AvgIpc) is 2.33. The SMILES string of the molecule is CCOCCN(CC)Cc1cccc(F)c1Br. The molecule has 1 rings (SSSR count). The summed E-state index contributed by atoms with van der Waals surface area (Å²) in [7, 11) is 0. The molecule has 0 bridgehead atoms. The van der Waals surface area contributed by atoms with Crippen LogP contribution in [0.5, 0.6) is 0 Å². The first-order chi connectivity index (χ1) is 8.19. The third-order valence-corrected chi connectivity index (χ3v) is 3.52. The number of hydrogen-bond acceptors (Lipinski definition) is 2. The molecule has 0 aromatic heterocycles. The van der Waals surface area contributed by atoms with Gasteiger partial charge in [0.05, 0.1) is 11.1 Å². The van der Waals surface area contributed by atoms with Crippen molar-refractivity contribution in [3.8, 4) is 0 Å². The van der Waals surface area contributed by atoms with Gasteiger partial charge in [-0.3, -0.25) is 4.90 Å². The molecule has 0 aliphatic rings. The van der Waals surface area contributed by atoms with Crippen LogP contribution in [-0.4, -0.2) is 31.2 Å². The van der Waals surface area contributed by atoms with Gasteiger partial charge in [-0.1, -0.05) is 19.1 Å². The molecule has 0 radical (unpaired) electrons. The predicted molar refractivity (Wildman–Crippen MR) is 71.5 cm³/mol. The molecule has 0 atom stereocenters. The molecule has 0 unspecified atom stereocenters. The lowest BCUT2D eigenvalue weighted by Crippen LogP contribution is -2.27. The standard InChI is InChI=1S/C13H19BrFNO/c1-3-16(8-9-17-4-2)10-11-6-5-7-12(15)13(11)14/h5-7H,3-4,8-10H2,1-2H3. The molecule has 1 aromatic rings. The summed E-state index contributed by atoms with van der Waals surface area (Å²) in [4.78, 5) is 2.23. The van der Waals surface area contributed by atoms with Crippen LogP contribution in [0.2, 0.25) is 0 Å². The topological polar surface area (TPSA) is 12.5 Å². The molecule has 0 amide bonds. The Morgan fingerprint density at radius 1 is 1.35 bits per heavy atom. The number of hydrogen-bond donors (Lipinski definition) is 0. The Labute approximate surface area is 111 Å². The van der Waals surface area contributed by atoms with Crippen LogP contribution < -0.4 is 0 Å². The zero-order chi connectivity index (χ0) is 12.7. The molecular formula is C13H19BrFNO. The maximum absolute atomic E-state index is 13.4. The van der Waals surface area contributed by atoms with E-state index in [1.807, 2.05) is 13.0 Å². The molecule has 0 saturated carbocycles. The molecule has 0 heterocycles. The van der Waals surface area contributed by atoms with Crippen molar-refractivity contribution in [2.45, 2.75) is 20.4 Å². The van der Waals surface area contributed by atoms with E-state index in [4.69, 9.17) is 4.74 Å². The number of nitrogens with zero attached hydrogens (tertiary/aromatic N) is 1. The highest BCUT2D eigenvalue weighted by molar-refractivity contribution is 9.10. The summed E-state index contributed by atoms with van der Waals surface area (Å²) < 4.78 is 19.2. The molecule has 0 fully saturated rings. The van der Waals surface area contributed by atoms with E-state index in [0.29, 0.717) is 4.47 Å². The fourth-order valence-electron chi connectivity index (χ4n) is 1.60. The number of likely N-dealkylation sites (N-methyl/N-ethyl adjacent to an activating group) is 1. The van der Waals surface area contributed by atoms with Gasteiger partial charge in [0.25, 0.3) is 0 Å². The van der Waals surface area contributed by atoms with Gasteiger partial charge in [0.2, 0.25) is 0 Å². The Hall–Kier alpha value is -0.450. The Morgan fingerprint density at radius 3 is 2.76 bits per heavy atom. The number of ether oxygens (including phenoxy) is 1. The smallest absolute Gasteiger partial charge is 0.137 e. The summed E-state index contributed by atoms with van der Waals surface area (Å²) in [6.45, 7) is 8.07. The van der Waals surface area contributed by atoms with Gasteiger partial charge in [0, 0.05) is 19.7 Å². The summed E-state index contributed by atoms with van der Waals surface area (Å²) in [6.07, 6.45) is 0. The van der Waals surface area contributed by atoms with Crippen LogP contribution in [0, 0.1) is 5.82 Å². The fourth-order valence-corrected chi connectivity index (χ4v) is 1.99. The second-order valence-corrected chi connectivity index (χ2v) is 4.57. The minimum absolute atomic E-state index is 0.205. The van der Waals surface area contributed by atoms with Crippen molar-refractivity contribution in [1.29, 1.82) is 0 Å². The first kappa shape index (κ1) is 14.6. The van der Waals surface area contributed by atoms with Crippen molar-refractivity contribution in [3.63, 3.8) is 0 Å². The van der Waals surface area contributed by atoms with Crippen LogP contribution in [0.1, 0.15) is 19.4 Å². The Kier molecular flexibility index (Phi) is 6.70. The van der Waals surface area contributed by atoms with Crippen molar-refractivity contribution >= 4 is 15.9 Å². The monoisotopic (exact) mass is 303 g/mol. The van der Waals surface area contributed by atoms with Crippen molar-refractivity contribution < 1.29 is 9.13 Å². The lowest BCUT2D eigenvalue weighted by atomic mass is 10.2.